The average Bonchev–Trinajstić information content (AvgIpc) is 2.67. The number of carbonyl (C=O) groups excluding carboxylic acids is 1. The van der Waals surface area contributed by atoms with Crippen LogP contribution in [0.25, 0.3) is 16.6 Å². The Labute approximate surface area is 154 Å². The number of aryl methyl sites for hydroxylation is 1. The number of benzene rings is 1. The fraction of sp³-hybridized carbons (Fsp3) is 0.211. The van der Waals surface area contributed by atoms with E-state index in [1.165, 1.54) is 24.1 Å². The van der Waals surface area contributed by atoms with Gasteiger partial charge < -0.3 is 9.47 Å². The number of aromatic nitrogens is 3. The third kappa shape index (κ3) is 3.11. The molecule has 1 aromatic carbocycles. The summed E-state index contributed by atoms with van der Waals surface area (Å²) in [5, 5.41) is 13.7. The van der Waals surface area contributed by atoms with Crippen molar-refractivity contribution in [2.24, 2.45) is 0 Å². The Balaban J connectivity index is 2.40. The van der Waals surface area contributed by atoms with E-state index < -0.39 is 11.4 Å². The predicted octanol–water partition coefficient (Wildman–Crippen LogP) is 2.15. The summed E-state index contributed by atoms with van der Waals surface area (Å²) in [6.07, 6.45) is 1.51. The molecule has 2 aromatic heterocycles. The Morgan fingerprint density at radius 3 is 2.78 bits per heavy atom. The fourth-order valence-corrected chi connectivity index (χ4v) is 2.77. The minimum absolute atomic E-state index is 0.0983. The van der Waals surface area contributed by atoms with Crippen LogP contribution in [0.3, 0.4) is 0 Å². The number of carbonyl (C=O) groups is 1. The lowest BCUT2D eigenvalue weighted by molar-refractivity contribution is 0.0516. The Kier molecular flexibility index (Phi) is 4.86. The lowest BCUT2D eigenvalue weighted by Gasteiger charge is -2.13. The van der Waals surface area contributed by atoms with Crippen molar-refractivity contribution in [3.8, 4) is 17.6 Å². The van der Waals surface area contributed by atoms with Crippen molar-refractivity contribution in [1.82, 2.24) is 14.8 Å². The topological polar surface area (TPSA) is 107 Å². The van der Waals surface area contributed by atoms with Gasteiger partial charge in [0.25, 0.3) is 0 Å². The Hall–Kier alpha value is -3.73. The second-order valence-corrected chi connectivity index (χ2v) is 5.64. The van der Waals surface area contributed by atoms with E-state index in [9.17, 15) is 14.9 Å². The first kappa shape index (κ1) is 18.1. The number of methoxy groups -OCH3 is 1. The molecule has 3 aromatic rings. The van der Waals surface area contributed by atoms with Crippen molar-refractivity contribution in [1.29, 1.82) is 5.26 Å². The number of pyridine rings is 1. The summed E-state index contributed by atoms with van der Waals surface area (Å²) in [5.74, 6) is -0.392. The van der Waals surface area contributed by atoms with E-state index in [4.69, 9.17) is 9.47 Å². The van der Waals surface area contributed by atoms with E-state index >= 15 is 0 Å². The molecule has 0 spiro atoms. The summed E-state index contributed by atoms with van der Waals surface area (Å²) >= 11 is 0. The summed E-state index contributed by atoms with van der Waals surface area (Å²) in [7, 11) is 1.51. The zero-order chi connectivity index (χ0) is 19.6. The molecule has 0 N–H and O–H groups in total. The summed E-state index contributed by atoms with van der Waals surface area (Å²) in [6.45, 7) is 3.54. The van der Waals surface area contributed by atoms with Gasteiger partial charge in [-0.2, -0.15) is 10.4 Å². The molecule has 0 saturated heterocycles. The number of ether oxygens (including phenoxy) is 2. The van der Waals surface area contributed by atoms with E-state index in [-0.39, 0.29) is 23.3 Å². The van der Waals surface area contributed by atoms with Crippen molar-refractivity contribution in [2.75, 3.05) is 13.7 Å². The minimum atomic E-state index is -0.843. The van der Waals surface area contributed by atoms with Crippen LogP contribution in [0.15, 0.2) is 35.3 Å². The van der Waals surface area contributed by atoms with Crippen LogP contribution in [0.5, 0.6) is 5.88 Å². The van der Waals surface area contributed by atoms with E-state index in [2.05, 4.69) is 10.1 Å². The molecule has 3 rings (SSSR count). The molecule has 0 saturated carbocycles. The second kappa shape index (κ2) is 7.25. The first-order chi connectivity index (χ1) is 13.0. The number of esters is 1. The van der Waals surface area contributed by atoms with Gasteiger partial charge in [0.05, 0.1) is 48.1 Å². The van der Waals surface area contributed by atoms with Crippen molar-refractivity contribution in [3.05, 3.63) is 57.5 Å². The first-order valence-corrected chi connectivity index (χ1v) is 8.16. The summed E-state index contributed by atoms with van der Waals surface area (Å²) in [5.41, 5.74) is 0.767. The van der Waals surface area contributed by atoms with Gasteiger partial charge in [-0.1, -0.05) is 6.07 Å². The highest BCUT2D eigenvalue weighted by molar-refractivity contribution is 5.94. The van der Waals surface area contributed by atoms with Crippen LogP contribution in [0.1, 0.15) is 28.5 Å². The van der Waals surface area contributed by atoms with Crippen LogP contribution in [0.2, 0.25) is 0 Å². The van der Waals surface area contributed by atoms with Crippen molar-refractivity contribution in [3.63, 3.8) is 0 Å². The van der Waals surface area contributed by atoms with E-state index in [1.807, 2.05) is 13.0 Å². The van der Waals surface area contributed by atoms with Crippen molar-refractivity contribution >= 4 is 16.9 Å². The van der Waals surface area contributed by atoms with Gasteiger partial charge in [-0.3, -0.25) is 4.79 Å². The summed E-state index contributed by atoms with van der Waals surface area (Å²) in [6, 6.07) is 8.56. The molecule has 0 aliphatic rings. The maximum Gasteiger partial charge on any atom is 0.362 e. The number of rotatable bonds is 4. The highest BCUT2D eigenvalue weighted by Crippen LogP contribution is 2.22. The Morgan fingerprint density at radius 1 is 1.37 bits per heavy atom. The zero-order valence-electron chi connectivity index (χ0n) is 15.0. The van der Waals surface area contributed by atoms with Gasteiger partial charge in [-0.05, 0) is 32.0 Å². The third-order valence-corrected chi connectivity index (χ3v) is 3.96. The maximum absolute atomic E-state index is 12.8. The van der Waals surface area contributed by atoms with Crippen LogP contribution in [-0.4, -0.2) is 34.5 Å². The van der Waals surface area contributed by atoms with Gasteiger partial charge in [0.1, 0.15) is 0 Å². The van der Waals surface area contributed by atoms with Crippen LogP contribution < -0.4 is 10.2 Å². The number of hydrogen-bond donors (Lipinski definition) is 0. The molecule has 0 atom stereocenters. The molecule has 136 valence electrons. The molecule has 2 heterocycles. The standard InChI is InChI=1S/C19H16N4O4/c1-4-27-19(25)16-17(24)15-12(9-20)6-5-7-14(15)23(22-16)13-8-11(2)18(26-3)21-10-13/h5-8,10H,4H2,1-3H3. The van der Waals surface area contributed by atoms with Gasteiger partial charge in [-0.15, -0.1) is 0 Å². The van der Waals surface area contributed by atoms with Gasteiger partial charge in [0.2, 0.25) is 17.0 Å². The van der Waals surface area contributed by atoms with Gasteiger partial charge in [0, 0.05) is 5.56 Å². The highest BCUT2D eigenvalue weighted by atomic mass is 16.5. The summed E-state index contributed by atoms with van der Waals surface area (Å²) in [4.78, 5) is 29.3. The van der Waals surface area contributed by atoms with Crippen LogP contribution >= 0.6 is 0 Å². The van der Waals surface area contributed by atoms with Crippen molar-refractivity contribution < 1.29 is 14.3 Å². The molecule has 0 fully saturated rings. The number of nitrogens with zero attached hydrogens (tertiary/aromatic N) is 4. The largest absolute Gasteiger partial charge is 0.481 e. The Bertz CT molecular complexity index is 1140. The minimum Gasteiger partial charge on any atom is -0.481 e. The molecular weight excluding hydrogens is 348 g/mol. The highest BCUT2D eigenvalue weighted by Gasteiger charge is 2.21. The maximum atomic E-state index is 12.8. The molecule has 8 nitrogen and oxygen atoms in total. The quantitative estimate of drug-likeness (QED) is 0.653. The van der Waals surface area contributed by atoms with Gasteiger partial charge >= 0.3 is 5.97 Å². The van der Waals surface area contributed by atoms with Gasteiger partial charge in [0.15, 0.2) is 0 Å². The molecule has 8 heteroatoms. The lowest BCUT2D eigenvalue weighted by atomic mass is 10.1. The normalized spacial score (nSPS) is 10.4. The van der Waals surface area contributed by atoms with Crippen LogP contribution in [0, 0.1) is 18.3 Å². The molecule has 0 aliphatic carbocycles. The monoisotopic (exact) mass is 364 g/mol. The number of hydrogen-bond acceptors (Lipinski definition) is 7. The van der Waals surface area contributed by atoms with Crippen LogP contribution in [0.4, 0.5) is 0 Å². The number of nitriles is 1. The molecule has 27 heavy (non-hydrogen) atoms. The molecule has 0 amide bonds. The lowest BCUT2D eigenvalue weighted by Crippen LogP contribution is -2.24. The fourth-order valence-electron chi connectivity index (χ4n) is 2.77. The predicted molar refractivity (Wildman–Crippen MR) is 97.1 cm³/mol. The molecule has 0 unspecified atom stereocenters. The second-order valence-electron chi connectivity index (χ2n) is 5.64. The van der Waals surface area contributed by atoms with E-state index in [0.717, 1.165) is 5.56 Å². The van der Waals surface area contributed by atoms with E-state index in [0.29, 0.717) is 17.1 Å². The van der Waals surface area contributed by atoms with E-state index in [1.54, 1.807) is 25.1 Å². The smallest absolute Gasteiger partial charge is 0.362 e. The number of fused-ring (bicyclic) bond motifs is 1. The summed E-state index contributed by atoms with van der Waals surface area (Å²) < 4.78 is 11.5. The third-order valence-electron chi connectivity index (χ3n) is 3.96. The van der Waals surface area contributed by atoms with Crippen molar-refractivity contribution in [2.45, 2.75) is 13.8 Å². The first-order valence-electron chi connectivity index (χ1n) is 8.16. The Morgan fingerprint density at radius 2 is 2.15 bits per heavy atom. The molecule has 0 bridgehead atoms. The SMILES string of the molecule is CCOC(=O)c1nn(-c2cnc(OC)c(C)c2)c2cccc(C#N)c2c1=O. The van der Waals surface area contributed by atoms with Gasteiger partial charge in [-0.25, -0.2) is 14.5 Å². The molecule has 0 radical (unpaired) electrons. The zero-order valence-corrected chi connectivity index (χ0v) is 15.0. The molecular formula is C19H16N4O4. The average molecular weight is 364 g/mol. The van der Waals surface area contributed by atoms with Crippen LogP contribution in [-0.2, 0) is 4.74 Å². The molecule has 0 aliphatic heterocycles.